The van der Waals surface area contributed by atoms with Gasteiger partial charge in [0.2, 0.25) is 0 Å². The SMILES string of the molecule is CC1=CC[C@@]23O[C@]2(C)CC[C@H]2C(C)C(=O)O[C@@H]2C13. The molecule has 1 spiro atoms. The molecule has 2 aliphatic heterocycles. The highest BCUT2D eigenvalue weighted by molar-refractivity contribution is 5.75. The molecule has 0 aromatic heterocycles. The highest BCUT2D eigenvalue weighted by Gasteiger charge is 2.75. The molecule has 2 saturated heterocycles. The minimum absolute atomic E-state index is 0.0101. The van der Waals surface area contributed by atoms with Gasteiger partial charge in [-0.25, -0.2) is 0 Å². The smallest absolute Gasteiger partial charge is 0.309 e. The van der Waals surface area contributed by atoms with Gasteiger partial charge in [-0.1, -0.05) is 18.6 Å². The second-order valence-corrected chi connectivity index (χ2v) is 6.75. The maximum absolute atomic E-state index is 11.9. The zero-order valence-electron chi connectivity index (χ0n) is 11.2. The molecule has 2 unspecified atom stereocenters. The molecule has 1 saturated carbocycles. The lowest BCUT2D eigenvalue weighted by Gasteiger charge is -2.27. The number of carbonyl (C=O) groups excluding carboxylic acids is 1. The molecule has 0 aromatic carbocycles. The van der Waals surface area contributed by atoms with Gasteiger partial charge in [-0.15, -0.1) is 0 Å². The molecule has 3 heteroatoms. The summed E-state index contributed by atoms with van der Waals surface area (Å²) in [5.74, 6) is 0.726. The van der Waals surface area contributed by atoms with Gasteiger partial charge >= 0.3 is 5.97 Å². The molecular weight excluding hydrogens is 228 g/mol. The Balaban J connectivity index is 1.78. The van der Waals surface area contributed by atoms with Gasteiger partial charge in [-0.2, -0.15) is 0 Å². The summed E-state index contributed by atoms with van der Waals surface area (Å²) < 4.78 is 11.9. The molecule has 3 fully saturated rings. The zero-order valence-corrected chi connectivity index (χ0v) is 11.2. The number of hydrogen-bond acceptors (Lipinski definition) is 3. The maximum atomic E-state index is 11.9. The summed E-state index contributed by atoms with van der Waals surface area (Å²) in [4.78, 5) is 11.9. The van der Waals surface area contributed by atoms with Crippen molar-refractivity contribution in [2.24, 2.45) is 17.8 Å². The van der Waals surface area contributed by atoms with Crippen LogP contribution in [0.25, 0.3) is 0 Å². The first-order valence-corrected chi connectivity index (χ1v) is 7.06. The Hall–Kier alpha value is -0.830. The van der Waals surface area contributed by atoms with E-state index in [1.54, 1.807) is 0 Å². The van der Waals surface area contributed by atoms with E-state index in [0.29, 0.717) is 11.8 Å². The standard InChI is InChI=1S/C15H20O3/c1-8-4-7-15-11(8)12-10(9(2)13(16)17-12)5-6-14(15,3)18-15/h4,9-12H,5-7H2,1-3H3/t9?,10-,11?,12-,14+,15-/m0/s1. The number of carbonyl (C=O) groups is 1. The monoisotopic (exact) mass is 248 g/mol. The van der Waals surface area contributed by atoms with Crippen molar-refractivity contribution in [2.45, 2.75) is 57.3 Å². The molecule has 2 aliphatic carbocycles. The van der Waals surface area contributed by atoms with Crippen LogP contribution in [-0.2, 0) is 14.3 Å². The minimum atomic E-state index is -0.0547. The minimum Gasteiger partial charge on any atom is -0.461 e. The Morgan fingerprint density at radius 3 is 3.00 bits per heavy atom. The molecule has 18 heavy (non-hydrogen) atoms. The van der Waals surface area contributed by atoms with Crippen LogP contribution < -0.4 is 0 Å². The molecular formula is C15H20O3. The fourth-order valence-corrected chi connectivity index (χ4v) is 4.71. The predicted octanol–water partition coefficient (Wildman–Crippen LogP) is 2.45. The molecule has 98 valence electrons. The molecule has 4 aliphatic rings. The van der Waals surface area contributed by atoms with E-state index in [9.17, 15) is 4.79 Å². The van der Waals surface area contributed by atoms with Gasteiger partial charge in [0, 0.05) is 11.8 Å². The van der Waals surface area contributed by atoms with E-state index in [4.69, 9.17) is 9.47 Å². The molecule has 4 rings (SSSR count). The first-order chi connectivity index (χ1) is 8.48. The number of hydrogen-bond donors (Lipinski definition) is 0. The Kier molecular flexibility index (Phi) is 1.84. The van der Waals surface area contributed by atoms with Crippen LogP contribution in [0.5, 0.6) is 0 Å². The first kappa shape index (κ1) is 11.0. The maximum Gasteiger partial charge on any atom is 0.309 e. The lowest BCUT2D eigenvalue weighted by Crippen LogP contribution is -2.37. The summed E-state index contributed by atoms with van der Waals surface area (Å²) in [7, 11) is 0. The summed E-state index contributed by atoms with van der Waals surface area (Å²) in [6.45, 7) is 6.43. The highest BCUT2D eigenvalue weighted by atomic mass is 16.6. The van der Waals surface area contributed by atoms with Crippen molar-refractivity contribution >= 4 is 5.97 Å². The highest BCUT2D eigenvalue weighted by Crippen LogP contribution is 2.67. The van der Waals surface area contributed by atoms with Crippen LogP contribution in [0.1, 0.15) is 40.0 Å². The lowest BCUT2D eigenvalue weighted by molar-refractivity contribution is -0.145. The van der Waals surface area contributed by atoms with Crippen molar-refractivity contribution in [1.82, 2.24) is 0 Å². The number of rotatable bonds is 0. The molecule has 0 radical (unpaired) electrons. The fraction of sp³-hybridized carbons (Fsp3) is 0.800. The van der Waals surface area contributed by atoms with Crippen LogP contribution >= 0.6 is 0 Å². The number of epoxide rings is 1. The predicted molar refractivity (Wildman–Crippen MR) is 65.9 cm³/mol. The third-order valence-electron chi connectivity index (χ3n) is 5.95. The van der Waals surface area contributed by atoms with Gasteiger partial charge in [0.25, 0.3) is 0 Å². The second-order valence-electron chi connectivity index (χ2n) is 6.75. The van der Waals surface area contributed by atoms with Gasteiger partial charge < -0.3 is 9.47 Å². The number of fused-ring (bicyclic) bond motifs is 2. The normalized spacial score (nSPS) is 57.1. The van der Waals surface area contributed by atoms with E-state index in [0.717, 1.165) is 19.3 Å². The van der Waals surface area contributed by atoms with Crippen LogP contribution in [0.3, 0.4) is 0 Å². The van der Waals surface area contributed by atoms with E-state index in [1.807, 2.05) is 6.92 Å². The van der Waals surface area contributed by atoms with E-state index in [1.165, 1.54) is 5.57 Å². The molecule has 6 atom stereocenters. The van der Waals surface area contributed by atoms with E-state index in [-0.39, 0.29) is 29.2 Å². The van der Waals surface area contributed by atoms with Gasteiger partial charge in [-0.3, -0.25) is 4.79 Å². The summed E-state index contributed by atoms with van der Waals surface area (Å²) in [5.41, 5.74) is 1.32. The van der Waals surface area contributed by atoms with Crippen molar-refractivity contribution in [2.75, 3.05) is 0 Å². The third-order valence-corrected chi connectivity index (χ3v) is 5.95. The second kappa shape index (κ2) is 3.01. The average Bonchev–Trinajstić information content (AvgIpc) is 2.65. The third kappa shape index (κ3) is 1.04. The fourth-order valence-electron chi connectivity index (χ4n) is 4.71. The topological polar surface area (TPSA) is 38.8 Å². The molecule has 0 bridgehead atoms. The van der Waals surface area contributed by atoms with E-state index >= 15 is 0 Å². The summed E-state index contributed by atoms with van der Waals surface area (Å²) in [6, 6.07) is 0. The number of ether oxygens (including phenoxy) is 2. The quantitative estimate of drug-likeness (QED) is 0.375. The molecule has 0 aromatic rings. The summed E-state index contributed by atoms with van der Waals surface area (Å²) in [5, 5.41) is 0. The van der Waals surface area contributed by atoms with Crippen LogP contribution in [0.2, 0.25) is 0 Å². The van der Waals surface area contributed by atoms with Crippen LogP contribution in [0.4, 0.5) is 0 Å². The Morgan fingerprint density at radius 1 is 1.44 bits per heavy atom. The largest absolute Gasteiger partial charge is 0.461 e. The van der Waals surface area contributed by atoms with Crippen molar-refractivity contribution in [3.8, 4) is 0 Å². The zero-order chi connectivity index (χ0) is 12.7. The first-order valence-electron chi connectivity index (χ1n) is 7.06. The van der Waals surface area contributed by atoms with Gasteiger partial charge in [0.1, 0.15) is 11.7 Å². The van der Waals surface area contributed by atoms with Gasteiger partial charge in [0.15, 0.2) is 0 Å². The molecule has 2 heterocycles. The number of esters is 1. The van der Waals surface area contributed by atoms with Crippen LogP contribution in [0.15, 0.2) is 11.6 Å². The molecule has 0 amide bonds. The summed E-state index contributed by atoms with van der Waals surface area (Å²) >= 11 is 0. The molecule has 3 nitrogen and oxygen atoms in total. The van der Waals surface area contributed by atoms with Crippen molar-refractivity contribution in [3.05, 3.63) is 11.6 Å². The van der Waals surface area contributed by atoms with E-state index in [2.05, 4.69) is 19.9 Å². The Labute approximate surface area is 108 Å². The van der Waals surface area contributed by atoms with E-state index < -0.39 is 0 Å². The molecule has 0 N–H and O–H groups in total. The summed E-state index contributed by atoms with van der Waals surface area (Å²) in [6.07, 6.45) is 5.45. The Morgan fingerprint density at radius 2 is 2.22 bits per heavy atom. The van der Waals surface area contributed by atoms with Crippen LogP contribution in [-0.4, -0.2) is 23.3 Å². The van der Waals surface area contributed by atoms with Crippen molar-refractivity contribution in [1.29, 1.82) is 0 Å². The Bertz CT molecular complexity index is 468. The van der Waals surface area contributed by atoms with Gasteiger partial charge in [-0.05, 0) is 33.1 Å². The van der Waals surface area contributed by atoms with Crippen molar-refractivity contribution in [3.63, 3.8) is 0 Å². The average molecular weight is 248 g/mol. The van der Waals surface area contributed by atoms with Crippen molar-refractivity contribution < 1.29 is 14.3 Å². The van der Waals surface area contributed by atoms with Crippen LogP contribution in [0, 0.1) is 17.8 Å². The van der Waals surface area contributed by atoms with Gasteiger partial charge in [0.05, 0.1) is 11.5 Å². The lowest BCUT2D eigenvalue weighted by atomic mass is 9.77.